The van der Waals surface area contributed by atoms with E-state index in [2.05, 4.69) is 42.8 Å². The van der Waals surface area contributed by atoms with E-state index in [0.29, 0.717) is 5.92 Å². The highest BCUT2D eigenvalue weighted by Gasteiger charge is 2.05. The first kappa shape index (κ1) is 11.2. The number of aliphatic hydroxyl groups excluding tert-OH is 1. The maximum atomic E-state index is 9.14. The first-order valence-corrected chi connectivity index (χ1v) is 5.93. The molecule has 0 fully saturated rings. The quantitative estimate of drug-likeness (QED) is 0.836. The van der Waals surface area contributed by atoms with E-state index in [0.717, 1.165) is 12.1 Å². The van der Waals surface area contributed by atoms with E-state index in [-0.39, 0.29) is 6.61 Å². The molecule has 1 heterocycles. The molecule has 2 nitrogen and oxygen atoms in total. The van der Waals surface area contributed by atoms with Crippen LogP contribution in [0.1, 0.15) is 25.8 Å². The van der Waals surface area contributed by atoms with Crippen molar-refractivity contribution in [1.82, 2.24) is 4.57 Å². The molecule has 0 saturated carbocycles. The standard InChI is InChI=1S/C14H19NO/c1-3-11(2)9-15-7-6-13-5-4-12(10-16)8-14(13)15/h4-8,11,16H,3,9-10H2,1-2H3. The average molecular weight is 217 g/mol. The highest BCUT2D eigenvalue weighted by molar-refractivity contribution is 5.80. The normalized spacial score (nSPS) is 13.2. The summed E-state index contributed by atoms with van der Waals surface area (Å²) < 4.78 is 2.28. The van der Waals surface area contributed by atoms with Crippen LogP contribution >= 0.6 is 0 Å². The summed E-state index contributed by atoms with van der Waals surface area (Å²) >= 11 is 0. The molecule has 1 atom stereocenters. The van der Waals surface area contributed by atoms with Crippen LogP contribution in [0.2, 0.25) is 0 Å². The summed E-state index contributed by atoms with van der Waals surface area (Å²) in [5, 5.41) is 10.4. The van der Waals surface area contributed by atoms with Crippen LogP contribution in [0, 0.1) is 5.92 Å². The fourth-order valence-corrected chi connectivity index (χ4v) is 1.95. The summed E-state index contributed by atoms with van der Waals surface area (Å²) in [6, 6.07) is 8.28. The van der Waals surface area contributed by atoms with Crippen molar-refractivity contribution >= 4 is 10.9 Å². The minimum absolute atomic E-state index is 0.116. The van der Waals surface area contributed by atoms with Crippen molar-refractivity contribution in [2.45, 2.75) is 33.4 Å². The first-order chi connectivity index (χ1) is 7.74. The summed E-state index contributed by atoms with van der Waals surface area (Å²) in [5.41, 5.74) is 2.21. The van der Waals surface area contributed by atoms with E-state index >= 15 is 0 Å². The van der Waals surface area contributed by atoms with Crippen molar-refractivity contribution in [1.29, 1.82) is 0 Å². The minimum Gasteiger partial charge on any atom is -0.392 e. The lowest BCUT2D eigenvalue weighted by Gasteiger charge is -2.11. The molecule has 1 aromatic carbocycles. The molecule has 0 bridgehead atoms. The van der Waals surface area contributed by atoms with Gasteiger partial charge in [-0.05, 0) is 29.0 Å². The summed E-state index contributed by atoms with van der Waals surface area (Å²) in [6.45, 7) is 5.65. The molecule has 0 spiro atoms. The maximum Gasteiger partial charge on any atom is 0.0682 e. The Hall–Kier alpha value is -1.28. The van der Waals surface area contributed by atoms with E-state index in [9.17, 15) is 0 Å². The molecule has 0 radical (unpaired) electrons. The van der Waals surface area contributed by atoms with E-state index in [4.69, 9.17) is 5.11 Å². The van der Waals surface area contributed by atoms with Crippen LogP contribution in [0.25, 0.3) is 10.9 Å². The molecule has 0 aliphatic carbocycles. The lowest BCUT2D eigenvalue weighted by atomic mass is 10.1. The number of rotatable bonds is 4. The van der Waals surface area contributed by atoms with Gasteiger partial charge in [0.2, 0.25) is 0 Å². The summed E-state index contributed by atoms with van der Waals surface area (Å²) in [6.07, 6.45) is 3.33. The zero-order chi connectivity index (χ0) is 11.5. The number of aromatic nitrogens is 1. The molecule has 0 amide bonds. The molecule has 1 N–H and O–H groups in total. The Morgan fingerprint density at radius 2 is 2.12 bits per heavy atom. The first-order valence-electron chi connectivity index (χ1n) is 5.93. The monoisotopic (exact) mass is 217 g/mol. The van der Waals surface area contributed by atoms with Crippen LogP contribution in [-0.2, 0) is 13.2 Å². The van der Waals surface area contributed by atoms with Gasteiger partial charge in [0.1, 0.15) is 0 Å². The Morgan fingerprint density at radius 3 is 2.81 bits per heavy atom. The van der Waals surface area contributed by atoms with Crippen molar-refractivity contribution in [3.05, 3.63) is 36.0 Å². The van der Waals surface area contributed by atoms with Gasteiger partial charge in [-0.25, -0.2) is 0 Å². The third-order valence-electron chi connectivity index (χ3n) is 3.23. The van der Waals surface area contributed by atoms with Gasteiger partial charge in [0, 0.05) is 18.3 Å². The van der Waals surface area contributed by atoms with Gasteiger partial charge >= 0.3 is 0 Å². The number of hydrogen-bond donors (Lipinski definition) is 1. The van der Waals surface area contributed by atoms with Gasteiger partial charge in [0.15, 0.2) is 0 Å². The summed E-state index contributed by atoms with van der Waals surface area (Å²) in [7, 11) is 0. The van der Waals surface area contributed by atoms with Crippen LogP contribution in [-0.4, -0.2) is 9.67 Å². The van der Waals surface area contributed by atoms with Gasteiger partial charge in [-0.15, -0.1) is 0 Å². The second kappa shape index (κ2) is 4.71. The van der Waals surface area contributed by atoms with Crippen molar-refractivity contribution in [3.63, 3.8) is 0 Å². The fraction of sp³-hybridized carbons (Fsp3) is 0.429. The molecule has 2 rings (SSSR count). The van der Waals surface area contributed by atoms with Gasteiger partial charge in [-0.3, -0.25) is 0 Å². The van der Waals surface area contributed by atoms with Crippen molar-refractivity contribution < 1.29 is 5.11 Å². The van der Waals surface area contributed by atoms with Gasteiger partial charge < -0.3 is 9.67 Å². The number of fused-ring (bicyclic) bond motifs is 1. The zero-order valence-corrected chi connectivity index (χ0v) is 9.98. The number of hydrogen-bond acceptors (Lipinski definition) is 1. The molecule has 0 aliphatic heterocycles. The Labute approximate surface area is 96.5 Å². The van der Waals surface area contributed by atoms with Gasteiger partial charge in [-0.2, -0.15) is 0 Å². The van der Waals surface area contributed by atoms with Gasteiger partial charge in [-0.1, -0.05) is 32.4 Å². The van der Waals surface area contributed by atoms with Gasteiger partial charge in [0.25, 0.3) is 0 Å². The molecule has 2 aromatic rings. The minimum atomic E-state index is 0.116. The Morgan fingerprint density at radius 1 is 1.31 bits per heavy atom. The van der Waals surface area contributed by atoms with E-state index in [1.165, 1.54) is 17.3 Å². The topological polar surface area (TPSA) is 25.2 Å². The second-order valence-electron chi connectivity index (χ2n) is 4.53. The van der Waals surface area contributed by atoms with Crippen LogP contribution < -0.4 is 0 Å². The molecule has 1 unspecified atom stereocenters. The summed E-state index contributed by atoms with van der Waals surface area (Å²) in [5.74, 6) is 0.688. The third kappa shape index (κ3) is 2.12. The van der Waals surface area contributed by atoms with Crippen LogP contribution in [0.4, 0.5) is 0 Å². The SMILES string of the molecule is CCC(C)Cn1ccc2ccc(CO)cc21. The molecule has 1 aromatic heterocycles. The largest absolute Gasteiger partial charge is 0.392 e. The fourth-order valence-electron chi connectivity index (χ4n) is 1.95. The lowest BCUT2D eigenvalue weighted by molar-refractivity contribution is 0.282. The number of nitrogens with zero attached hydrogens (tertiary/aromatic N) is 1. The predicted octanol–water partition coefficient (Wildman–Crippen LogP) is 3.18. The highest BCUT2D eigenvalue weighted by Crippen LogP contribution is 2.19. The zero-order valence-electron chi connectivity index (χ0n) is 9.98. The number of aliphatic hydroxyl groups is 1. The van der Waals surface area contributed by atoms with E-state index < -0.39 is 0 Å². The van der Waals surface area contributed by atoms with Crippen LogP contribution in [0.3, 0.4) is 0 Å². The van der Waals surface area contributed by atoms with Crippen LogP contribution in [0.5, 0.6) is 0 Å². The molecule has 86 valence electrons. The van der Waals surface area contributed by atoms with Crippen LogP contribution in [0.15, 0.2) is 30.5 Å². The van der Waals surface area contributed by atoms with Crippen molar-refractivity contribution in [3.8, 4) is 0 Å². The highest BCUT2D eigenvalue weighted by atomic mass is 16.3. The molecular formula is C14H19NO. The third-order valence-corrected chi connectivity index (χ3v) is 3.23. The van der Waals surface area contributed by atoms with Gasteiger partial charge in [0.05, 0.1) is 6.61 Å². The second-order valence-corrected chi connectivity index (χ2v) is 4.53. The van der Waals surface area contributed by atoms with E-state index in [1.807, 2.05) is 6.07 Å². The number of benzene rings is 1. The molecule has 0 aliphatic rings. The molecule has 16 heavy (non-hydrogen) atoms. The van der Waals surface area contributed by atoms with E-state index in [1.54, 1.807) is 0 Å². The smallest absolute Gasteiger partial charge is 0.0682 e. The molecule has 0 saturated heterocycles. The molecular weight excluding hydrogens is 198 g/mol. The van der Waals surface area contributed by atoms with Crippen molar-refractivity contribution in [2.75, 3.05) is 0 Å². The lowest BCUT2D eigenvalue weighted by Crippen LogP contribution is -2.05. The Balaban J connectivity index is 2.38. The average Bonchev–Trinajstić information content (AvgIpc) is 2.71. The molecule has 2 heteroatoms. The summed E-state index contributed by atoms with van der Waals surface area (Å²) in [4.78, 5) is 0. The predicted molar refractivity (Wildman–Crippen MR) is 67.3 cm³/mol. The Bertz CT molecular complexity index is 473. The van der Waals surface area contributed by atoms with Crippen molar-refractivity contribution in [2.24, 2.45) is 5.92 Å². The Kier molecular flexibility index (Phi) is 3.30. The maximum absolute atomic E-state index is 9.14.